The van der Waals surface area contributed by atoms with Gasteiger partial charge in [0.25, 0.3) is 0 Å². The van der Waals surface area contributed by atoms with E-state index in [0.29, 0.717) is 16.9 Å². The van der Waals surface area contributed by atoms with Crippen LogP contribution < -0.4 is 4.74 Å². The fraction of sp³-hybridized carbons (Fsp3) is 0.520. The Balaban J connectivity index is 1.53. The van der Waals surface area contributed by atoms with Crippen molar-refractivity contribution in [3.8, 4) is 16.9 Å². The van der Waals surface area contributed by atoms with Gasteiger partial charge in [-0.3, -0.25) is 4.90 Å². The van der Waals surface area contributed by atoms with Crippen LogP contribution in [0.15, 0.2) is 36.4 Å². The zero-order valence-electron chi connectivity index (χ0n) is 18.9. The van der Waals surface area contributed by atoms with E-state index in [4.69, 9.17) is 4.74 Å². The summed E-state index contributed by atoms with van der Waals surface area (Å²) in [6.07, 6.45) is 4.98. The number of piperidine rings is 1. The number of ether oxygens (including phenoxy) is 1. The maximum Gasteiger partial charge on any atom is 0.151 e. The second-order valence-corrected chi connectivity index (χ2v) is 12.3. The van der Waals surface area contributed by atoms with Crippen molar-refractivity contribution in [2.45, 2.75) is 63.3 Å². The first-order valence-electron chi connectivity index (χ1n) is 11.0. The maximum absolute atomic E-state index is 15.0. The van der Waals surface area contributed by atoms with Crippen LogP contribution in [0.2, 0.25) is 0 Å². The highest BCUT2D eigenvalue weighted by molar-refractivity contribution is 7.89. The number of aryl methyl sites for hydroxylation is 1. The highest BCUT2D eigenvalue weighted by Crippen LogP contribution is 2.42. The Morgan fingerprint density at radius 3 is 2.29 bits per heavy atom. The summed E-state index contributed by atoms with van der Waals surface area (Å²) in [4.78, 5) is 2.49. The molecule has 168 valence electrons. The third-order valence-electron chi connectivity index (χ3n) is 6.64. The molecule has 0 aliphatic carbocycles. The first kappa shape index (κ1) is 22.3. The Morgan fingerprint density at radius 2 is 1.71 bits per heavy atom. The minimum Gasteiger partial charge on any atom is -0.487 e. The molecule has 2 aliphatic heterocycles. The van der Waals surface area contributed by atoms with Gasteiger partial charge in [-0.2, -0.15) is 0 Å². The van der Waals surface area contributed by atoms with Crippen LogP contribution in [0.3, 0.4) is 0 Å². The van der Waals surface area contributed by atoms with E-state index in [1.54, 1.807) is 24.3 Å². The molecule has 1 fully saturated rings. The van der Waals surface area contributed by atoms with E-state index in [2.05, 4.69) is 25.7 Å². The van der Waals surface area contributed by atoms with E-state index in [9.17, 15) is 8.42 Å². The average Bonchev–Trinajstić information content (AvgIpc) is 2.67. The summed E-state index contributed by atoms with van der Waals surface area (Å²) in [7, 11) is -3.09. The van der Waals surface area contributed by atoms with Crippen LogP contribution in [0.25, 0.3) is 11.1 Å². The Morgan fingerprint density at radius 1 is 1.06 bits per heavy atom. The third kappa shape index (κ3) is 4.96. The Hall–Kier alpha value is -1.92. The van der Waals surface area contributed by atoms with Gasteiger partial charge in [0.1, 0.15) is 17.2 Å². The van der Waals surface area contributed by atoms with Gasteiger partial charge in [0.15, 0.2) is 9.84 Å². The van der Waals surface area contributed by atoms with Crippen LogP contribution in [-0.2, 0) is 22.0 Å². The van der Waals surface area contributed by atoms with Crippen molar-refractivity contribution in [2.24, 2.45) is 0 Å². The van der Waals surface area contributed by atoms with Crippen molar-refractivity contribution >= 4 is 9.84 Å². The lowest BCUT2D eigenvalue weighted by atomic mass is 9.81. The molecule has 2 heterocycles. The molecule has 2 aliphatic rings. The third-order valence-corrected chi connectivity index (χ3v) is 7.50. The molecule has 0 bridgehead atoms. The van der Waals surface area contributed by atoms with E-state index in [-0.39, 0.29) is 22.7 Å². The summed E-state index contributed by atoms with van der Waals surface area (Å²) in [6.45, 7) is 8.73. The lowest BCUT2D eigenvalue weighted by Gasteiger charge is -2.48. The van der Waals surface area contributed by atoms with Crippen molar-refractivity contribution < 1.29 is 17.5 Å². The van der Waals surface area contributed by atoms with Crippen molar-refractivity contribution in [1.82, 2.24) is 4.90 Å². The highest BCUT2D eigenvalue weighted by atomic mass is 32.2. The van der Waals surface area contributed by atoms with Crippen molar-refractivity contribution in [3.63, 3.8) is 0 Å². The molecule has 4 nitrogen and oxygen atoms in total. The number of fused-ring (bicyclic) bond motifs is 1. The van der Waals surface area contributed by atoms with Gasteiger partial charge in [0.2, 0.25) is 0 Å². The van der Waals surface area contributed by atoms with Crippen LogP contribution in [0.1, 0.15) is 51.2 Å². The van der Waals surface area contributed by atoms with E-state index >= 15 is 4.39 Å². The maximum atomic E-state index is 15.0. The molecule has 0 unspecified atom stereocenters. The van der Waals surface area contributed by atoms with Gasteiger partial charge in [0, 0.05) is 36.5 Å². The first-order valence-corrected chi connectivity index (χ1v) is 13.0. The van der Waals surface area contributed by atoms with Crippen molar-refractivity contribution in [2.75, 3.05) is 19.3 Å². The average molecular weight is 446 g/mol. The van der Waals surface area contributed by atoms with Crippen LogP contribution in [0.5, 0.6) is 5.75 Å². The molecule has 0 amide bonds. The molecule has 1 spiro atoms. The summed E-state index contributed by atoms with van der Waals surface area (Å²) in [5.41, 5.74) is 3.00. The second kappa shape index (κ2) is 7.89. The zero-order valence-corrected chi connectivity index (χ0v) is 19.7. The molecule has 2 aromatic rings. The van der Waals surface area contributed by atoms with Crippen LogP contribution in [-0.4, -0.2) is 43.8 Å². The topological polar surface area (TPSA) is 46.6 Å². The fourth-order valence-electron chi connectivity index (χ4n) is 4.78. The van der Waals surface area contributed by atoms with Gasteiger partial charge in [-0.15, -0.1) is 0 Å². The van der Waals surface area contributed by atoms with Gasteiger partial charge in [0.05, 0.1) is 5.75 Å². The quantitative estimate of drug-likeness (QED) is 0.667. The smallest absolute Gasteiger partial charge is 0.151 e. The van der Waals surface area contributed by atoms with Gasteiger partial charge >= 0.3 is 0 Å². The van der Waals surface area contributed by atoms with Crippen LogP contribution >= 0.6 is 0 Å². The highest BCUT2D eigenvalue weighted by Gasteiger charge is 2.41. The van der Waals surface area contributed by atoms with E-state index in [0.717, 1.165) is 49.9 Å². The molecular weight excluding hydrogens is 413 g/mol. The summed E-state index contributed by atoms with van der Waals surface area (Å²) >= 11 is 0. The molecule has 0 atom stereocenters. The number of halogens is 1. The second-order valence-electron chi connectivity index (χ2n) is 10.1. The molecule has 6 heteroatoms. The fourth-order valence-corrected chi connectivity index (χ4v) is 5.58. The molecule has 0 N–H and O–H groups in total. The van der Waals surface area contributed by atoms with Gasteiger partial charge < -0.3 is 4.74 Å². The lowest BCUT2D eigenvalue weighted by Crippen LogP contribution is -2.54. The van der Waals surface area contributed by atoms with Gasteiger partial charge in [-0.05, 0) is 69.2 Å². The summed E-state index contributed by atoms with van der Waals surface area (Å²) in [5, 5.41) is 0. The SMILES string of the molecule is CC(C)(C)N1CCC2(CCc3cc(-c4ccc(CS(C)(=O)=O)cc4)c(F)cc3O2)CC1. The predicted molar refractivity (Wildman–Crippen MR) is 123 cm³/mol. The molecule has 1 saturated heterocycles. The first-order chi connectivity index (χ1) is 14.4. The number of sulfone groups is 1. The number of hydrogen-bond acceptors (Lipinski definition) is 4. The Labute approximate surface area is 185 Å². The number of benzene rings is 2. The van der Waals surface area contributed by atoms with Crippen LogP contribution in [0, 0.1) is 5.82 Å². The summed E-state index contributed by atoms with van der Waals surface area (Å²) in [6, 6.07) is 10.5. The van der Waals surface area contributed by atoms with Crippen molar-refractivity contribution in [3.05, 3.63) is 53.3 Å². The summed E-state index contributed by atoms with van der Waals surface area (Å²) in [5.74, 6) is 0.354. The number of nitrogens with zero attached hydrogens (tertiary/aromatic N) is 1. The zero-order chi connectivity index (χ0) is 22.4. The molecular formula is C25H32FNO3S. The van der Waals surface area contributed by atoms with Gasteiger partial charge in [-0.1, -0.05) is 24.3 Å². The normalized spacial score (nSPS) is 19.1. The van der Waals surface area contributed by atoms with Crippen LogP contribution in [0.4, 0.5) is 4.39 Å². The number of hydrogen-bond donors (Lipinski definition) is 0. The molecule has 0 saturated carbocycles. The minimum atomic E-state index is -3.09. The monoisotopic (exact) mass is 445 g/mol. The van der Waals surface area contributed by atoms with E-state index in [1.807, 2.05) is 6.07 Å². The van der Waals surface area contributed by atoms with E-state index < -0.39 is 9.84 Å². The molecule has 0 radical (unpaired) electrons. The Bertz CT molecular complexity index is 1060. The number of likely N-dealkylation sites (tertiary alicyclic amines) is 1. The van der Waals surface area contributed by atoms with Crippen molar-refractivity contribution in [1.29, 1.82) is 0 Å². The van der Waals surface area contributed by atoms with E-state index in [1.165, 1.54) is 12.3 Å². The summed E-state index contributed by atoms with van der Waals surface area (Å²) < 4.78 is 44.4. The minimum absolute atomic E-state index is 0.0114. The molecule has 31 heavy (non-hydrogen) atoms. The largest absolute Gasteiger partial charge is 0.487 e. The predicted octanol–water partition coefficient (Wildman–Crippen LogP) is 5.00. The molecule has 4 rings (SSSR count). The number of rotatable bonds is 3. The molecule has 2 aromatic carbocycles. The van der Waals surface area contributed by atoms with Gasteiger partial charge in [-0.25, -0.2) is 12.8 Å². The lowest BCUT2D eigenvalue weighted by molar-refractivity contribution is -0.0357. The standard InChI is InChI=1S/C25H32FNO3S/c1-24(2,3)27-13-11-25(12-14-27)10-9-20-15-21(22(26)16-23(20)30-25)19-7-5-18(6-8-19)17-31(4,28)29/h5-8,15-16H,9-14,17H2,1-4H3. The molecule has 0 aromatic heterocycles. The Kier molecular flexibility index (Phi) is 5.67.